The van der Waals surface area contributed by atoms with Gasteiger partial charge < -0.3 is 4.90 Å². The van der Waals surface area contributed by atoms with Crippen molar-refractivity contribution in [1.29, 1.82) is 0 Å². The molecule has 2 aromatic heterocycles. The van der Waals surface area contributed by atoms with Gasteiger partial charge in [0.15, 0.2) is 0 Å². The fourth-order valence-electron chi connectivity index (χ4n) is 2.96. The Kier molecular flexibility index (Phi) is 5.58. The average molecular weight is 339 g/mol. The number of carbonyl (C=O) groups is 1. The third-order valence-electron chi connectivity index (χ3n) is 4.48. The van der Waals surface area contributed by atoms with Gasteiger partial charge in [0.25, 0.3) is 0 Å². The van der Waals surface area contributed by atoms with E-state index in [9.17, 15) is 4.79 Å². The maximum absolute atomic E-state index is 12.5. The van der Waals surface area contributed by atoms with Crippen molar-refractivity contribution in [2.75, 3.05) is 13.1 Å². The summed E-state index contributed by atoms with van der Waals surface area (Å²) in [5, 5.41) is 8.46. The molecule has 0 aliphatic carbocycles. The van der Waals surface area contributed by atoms with E-state index in [1.54, 1.807) is 6.20 Å². The minimum absolute atomic E-state index is 0.200. The Labute approximate surface area is 148 Å². The number of hydrogen-bond donors (Lipinski definition) is 0. The van der Waals surface area contributed by atoms with E-state index in [-0.39, 0.29) is 5.91 Å². The molecule has 25 heavy (non-hydrogen) atoms. The fraction of sp³-hybridized carbons (Fsp3) is 0.474. The molecule has 1 aliphatic heterocycles. The van der Waals surface area contributed by atoms with Crippen LogP contribution in [0.4, 0.5) is 0 Å². The van der Waals surface area contributed by atoms with Crippen molar-refractivity contribution in [1.82, 2.24) is 24.9 Å². The number of aromatic nitrogens is 4. The molecule has 0 atom stereocenters. The first-order valence-electron chi connectivity index (χ1n) is 8.92. The summed E-state index contributed by atoms with van der Waals surface area (Å²) in [5.74, 6) is 0.200. The van der Waals surface area contributed by atoms with E-state index in [1.807, 2.05) is 34.0 Å². The molecule has 0 spiro atoms. The quantitative estimate of drug-likeness (QED) is 0.840. The van der Waals surface area contributed by atoms with Crippen LogP contribution in [0.5, 0.6) is 0 Å². The Morgan fingerprint density at radius 2 is 2.16 bits per heavy atom. The third-order valence-corrected chi connectivity index (χ3v) is 4.48. The first-order valence-corrected chi connectivity index (χ1v) is 8.92. The number of nitrogens with zero attached hydrogens (tertiary/aromatic N) is 5. The summed E-state index contributed by atoms with van der Waals surface area (Å²) in [4.78, 5) is 18.7. The molecule has 3 heterocycles. The maximum atomic E-state index is 12.5. The largest absolute Gasteiger partial charge is 0.342 e. The van der Waals surface area contributed by atoms with Gasteiger partial charge in [0.05, 0.1) is 6.20 Å². The van der Waals surface area contributed by atoms with Crippen molar-refractivity contribution < 1.29 is 4.79 Å². The van der Waals surface area contributed by atoms with Crippen LogP contribution in [0.3, 0.4) is 0 Å². The summed E-state index contributed by atoms with van der Waals surface area (Å²) in [6.45, 7) is 5.67. The van der Waals surface area contributed by atoms with Gasteiger partial charge in [0.1, 0.15) is 5.69 Å². The molecule has 0 saturated heterocycles. The van der Waals surface area contributed by atoms with Crippen LogP contribution in [-0.4, -0.2) is 43.9 Å². The molecule has 3 rings (SSSR count). The minimum atomic E-state index is 0.200. The molecule has 0 aromatic carbocycles. The first kappa shape index (κ1) is 17.3. The predicted octanol–water partition coefficient (Wildman–Crippen LogP) is 2.89. The van der Waals surface area contributed by atoms with E-state index in [2.05, 4.69) is 35.2 Å². The number of pyridine rings is 1. The second-order valence-corrected chi connectivity index (χ2v) is 6.65. The van der Waals surface area contributed by atoms with Gasteiger partial charge in [0, 0.05) is 37.4 Å². The van der Waals surface area contributed by atoms with Crippen LogP contribution >= 0.6 is 0 Å². The standard InChI is InChI=1S/C19H25N5O/c1-15(2)24-14-18(21-22-24)16-6-5-12-23(13-10-16)19(25)9-8-17-7-3-4-11-20-17/h3-4,6-7,11,14-15H,5,8-10,12-13H2,1-2H3. The van der Waals surface area contributed by atoms with Crippen LogP contribution in [0.15, 0.2) is 36.7 Å². The van der Waals surface area contributed by atoms with Crippen LogP contribution in [0.1, 0.15) is 50.5 Å². The highest BCUT2D eigenvalue weighted by Gasteiger charge is 2.18. The molecule has 0 radical (unpaired) electrons. The molecule has 0 unspecified atom stereocenters. The molecule has 6 nitrogen and oxygen atoms in total. The van der Waals surface area contributed by atoms with Crippen molar-refractivity contribution >= 4 is 11.5 Å². The Morgan fingerprint density at radius 1 is 1.28 bits per heavy atom. The van der Waals surface area contributed by atoms with Crippen LogP contribution in [0.25, 0.3) is 5.57 Å². The third kappa shape index (κ3) is 4.53. The first-order chi connectivity index (χ1) is 12.1. The lowest BCUT2D eigenvalue weighted by Crippen LogP contribution is -2.32. The van der Waals surface area contributed by atoms with Gasteiger partial charge >= 0.3 is 0 Å². The van der Waals surface area contributed by atoms with Crippen LogP contribution in [-0.2, 0) is 11.2 Å². The van der Waals surface area contributed by atoms with Crippen LogP contribution in [0.2, 0.25) is 0 Å². The summed E-state index contributed by atoms with van der Waals surface area (Å²) < 4.78 is 1.87. The second kappa shape index (κ2) is 8.05. The molecule has 132 valence electrons. The van der Waals surface area contributed by atoms with E-state index in [0.29, 0.717) is 18.9 Å². The van der Waals surface area contributed by atoms with E-state index >= 15 is 0 Å². The normalized spacial score (nSPS) is 15.2. The van der Waals surface area contributed by atoms with Crippen molar-refractivity contribution in [2.45, 2.75) is 45.6 Å². The van der Waals surface area contributed by atoms with Gasteiger partial charge in [-0.3, -0.25) is 9.78 Å². The molecular weight excluding hydrogens is 314 g/mol. The number of carbonyl (C=O) groups excluding carboxylic acids is 1. The van der Waals surface area contributed by atoms with Gasteiger partial charge in [-0.15, -0.1) is 5.10 Å². The molecule has 0 bridgehead atoms. The lowest BCUT2D eigenvalue weighted by molar-refractivity contribution is -0.131. The summed E-state index contributed by atoms with van der Waals surface area (Å²) in [6, 6.07) is 6.12. The maximum Gasteiger partial charge on any atom is 0.222 e. The molecule has 1 amide bonds. The topological polar surface area (TPSA) is 63.9 Å². The second-order valence-electron chi connectivity index (χ2n) is 6.65. The van der Waals surface area contributed by atoms with E-state index in [0.717, 1.165) is 37.3 Å². The Hall–Kier alpha value is -2.50. The van der Waals surface area contributed by atoms with E-state index in [1.165, 1.54) is 5.57 Å². The molecule has 1 aliphatic rings. The Balaban J connectivity index is 1.54. The highest BCUT2D eigenvalue weighted by atomic mass is 16.2. The smallest absolute Gasteiger partial charge is 0.222 e. The highest BCUT2D eigenvalue weighted by molar-refractivity contribution is 5.77. The summed E-state index contributed by atoms with van der Waals surface area (Å²) >= 11 is 0. The van der Waals surface area contributed by atoms with Gasteiger partial charge in [-0.05, 0) is 50.8 Å². The molecular formula is C19H25N5O. The molecule has 0 saturated carbocycles. The monoisotopic (exact) mass is 339 g/mol. The van der Waals surface area contributed by atoms with Crippen molar-refractivity contribution in [3.63, 3.8) is 0 Å². The number of aryl methyl sites for hydroxylation is 1. The van der Waals surface area contributed by atoms with Gasteiger partial charge in [-0.25, -0.2) is 4.68 Å². The zero-order valence-corrected chi connectivity index (χ0v) is 14.9. The Bertz CT molecular complexity index is 735. The highest BCUT2D eigenvalue weighted by Crippen LogP contribution is 2.21. The average Bonchev–Trinajstić information content (AvgIpc) is 2.99. The number of hydrogen-bond acceptors (Lipinski definition) is 4. The van der Waals surface area contributed by atoms with Gasteiger partial charge in [0.2, 0.25) is 5.91 Å². The van der Waals surface area contributed by atoms with E-state index < -0.39 is 0 Å². The van der Waals surface area contributed by atoms with Crippen molar-refractivity contribution in [3.8, 4) is 0 Å². The lowest BCUT2D eigenvalue weighted by atomic mass is 10.1. The van der Waals surface area contributed by atoms with Crippen molar-refractivity contribution in [3.05, 3.63) is 48.1 Å². The minimum Gasteiger partial charge on any atom is -0.342 e. The van der Waals surface area contributed by atoms with E-state index in [4.69, 9.17) is 0 Å². The molecule has 0 N–H and O–H groups in total. The Morgan fingerprint density at radius 3 is 2.88 bits per heavy atom. The summed E-state index contributed by atoms with van der Waals surface area (Å²) in [6.07, 6.45) is 8.85. The molecule has 2 aromatic rings. The summed E-state index contributed by atoms with van der Waals surface area (Å²) in [7, 11) is 0. The molecule has 6 heteroatoms. The summed E-state index contributed by atoms with van der Waals surface area (Å²) in [5.41, 5.74) is 3.08. The van der Waals surface area contributed by atoms with Crippen molar-refractivity contribution in [2.24, 2.45) is 0 Å². The van der Waals surface area contributed by atoms with Crippen LogP contribution < -0.4 is 0 Å². The van der Waals surface area contributed by atoms with Gasteiger partial charge in [-0.1, -0.05) is 17.4 Å². The van der Waals surface area contributed by atoms with Gasteiger partial charge in [-0.2, -0.15) is 0 Å². The predicted molar refractivity (Wildman–Crippen MR) is 96.8 cm³/mol. The number of amides is 1. The number of rotatable bonds is 5. The van der Waals surface area contributed by atoms with Crippen LogP contribution in [0, 0.1) is 0 Å². The molecule has 0 fully saturated rings. The fourth-order valence-corrected chi connectivity index (χ4v) is 2.96. The lowest BCUT2D eigenvalue weighted by Gasteiger charge is -2.20. The zero-order valence-electron chi connectivity index (χ0n) is 14.9. The zero-order chi connectivity index (χ0) is 17.6. The SMILES string of the molecule is CC(C)n1cc(C2=CCCN(C(=O)CCc3ccccn3)CC2)nn1.